The average molecular weight is 808 g/mol. The van der Waals surface area contributed by atoms with Crippen molar-refractivity contribution in [1.82, 2.24) is 4.90 Å². The number of nitrogens with zero attached hydrogens (tertiary/aromatic N) is 3. The first kappa shape index (κ1) is 43.3. The molecule has 0 aromatic heterocycles. The van der Waals surface area contributed by atoms with Crippen LogP contribution in [-0.2, 0) is 14.4 Å². The largest absolute Gasteiger partial charge is 0.459 e. The number of aliphatic hydroxyl groups is 2. The highest BCUT2D eigenvalue weighted by Gasteiger charge is 2.65. The predicted octanol–water partition coefficient (Wildman–Crippen LogP) is 8.83. The SMILES string of the molecule is C=CCO[C@@]12Oc3ccc(Oc4ccc(C)c(C)c4)cc3[C@H]3[C@H](CCCCO)[C@@H](CCCCO)C=C(C(=NOCC)C[C@@H]1N(C)C(=O)C=Cc1ccc([N+](=O)[O-])cc1)[C@H]32. The molecule has 59 heavy (non-hydrogen) atoms. The lowest BCUT2D eigenvalue weighted by Gasteiger charge is -2.59. The number of aliphatic hydroxyl groups excluding tert-OH is 2. The van der Waals surface area contributed by atoms with E-state index in [1.165, 1.54) is 23.8 Å². The number of likely N-dealkylation sites (N-methyl/N-ethyl adjacent to an activating group) is 1. The van der Waals surface area contributed by atoms with Gasteiger partial charge >= 0.3 is 0 Å². The van der Waals surface area contributed by atoms with Crippen molar-refractivity contribution in [1.29, 1.82) is 0 Å². The first-order valence-electron chi connectivity index (χ1n) is 20.7. The van der Waals surface area contributed by atoms with Gasteiger partial charge in [-0.3, -0.25) is 14.9 Å². The zero-order valence-corrected chi connectivity index (χ0v) is 34.5. The Balaban J connectivity index is 1.51. The minimum absolute atomic E-state index is 0.0370. The number of hydrogen-bond acceptors (Lipinski definition) is 10. The van der Waals surface area contributed by atoms with Crippen molar-refractivity contribution < 1.29 is 39.0 Å². The molecular formula is C47H57N3O9. The van der Waals surface area contributed by atoms with E-state index in [0.717, 1.165) is 48.1 Å². The summed E-state index contributed by atoms with van der Waals surface area (Å²) in [6.07, 6.45) is 12.0. The molecule has 3 aliphatic rings. The van der Waals surface area contributed by atoms with E-state index < -0.39 is 22.7 Å². The maximum Gasteiger partial charge on any atom is 0.269 e. The molecule has 314 valence electrons. The first-order valence-corrected chi connectivity index (χ1v) is 20.7. The number of nitro groups is 1. The Morgan fingerprint density at radius 3 is 2.41 bits per heavy atom. The van der Waals surface area contributed by atoms with E-state index in [0.29, 0.717) is 42.2 Å². The van der Waals surface area contributed by atoms with E-state index in [1.807, 2.05) is 37.3 Å². The Morgan fingerprint density at radius 2 is 1.73 bits per heavy atom. The minimum Gasteiger partial charge on any atom is -0.459 e. The lowest BCUT2D eigenvalue weighted by molar-refractivity contribution is -0.384. The van der Waals surface area contributed by atoms with Gasteiger partial charge in [-0.1, -0.05) is 36.2 Å². The summed E-state index contributed by atoms with van der Waals surface area (Å²) in [7, 11) is 1.73. The Labute approximate surface area is 347 Å². The van der Waals surface area contributed by atoms with Crippen LogP contribution in [0.1, 0.15) is 80.0 Å². The number of allylic oxidation sites excluding steroid dienone is 1. The summed E-state index contributed by atoms with van der Waals surface area (Å²) >= 11 is 0. The molecule has 2 aliphatic carbocycles. The molecule has 0 unspecified atom stereocenters. The molecule has 12 heteroatoms. The molecular weight excluding hydrogens is 751 g/mol. The van der Waals surface area contributed by atoms with Gasteiger partial charge in [0.05, 0.1) is 23.2 Å². The molecule has 3 aromatic carbocycles. The van der Waals surface area contributed by atoms with Crippen LogP contribution in [0.3, 0.4) is 0 Å². The number of unbranched alkanes of at least 4 members (excludes halogenated alkanes) is 2. The van der Waals surface area contributed by atoms with Crippen molar-refractivity contribution in [3.63, 3.8) is 0 Å². The standard InChI is InChI=1S/C47H57N3O9/c1-6-26-56-47-43(49(5)44(53)23-17-33-15-18-35(19-16-33)50(54)55)30-41(48-57-7-2)39-28-34(12-8-10-24-51)38(13-9-11-25-52)45(46(39)47)40-29-37(21-22-42(40)59-47)58-36-20-14-31(3)32(4)27-36/h6,14-23,27-29,34,38,43,45-46,51-52H,1,7-13,24-26,30H2,2-5H3/t34-,38+,43-,45+,46+,47+/m0/s1. The fourth-order valence-electron chi connectivity index (χ4n) is 8.99. The van der Waals surface area contributed by atoms with Crippen molar-refractivity contribution in [2.45, 2.75) is 83.5 Å². The molecule has 12 nitrogen and oxygen atoms in total. The van der Waals surface area contributed by atoms with Gasteiger partial charge in [-0.25, -0.2) is 0 Å². The number of ether oxygens (including phenoxy) is 3. The molecule has 0 spiro atoms. The summed E-state index contributed by atoms with van der Waals surface area (Å²) in [5.74, 6) is -0.185. The third-order valence-electron chi connectivity index (χ3n) is 12.0. The van der Waals surface area contributed by atoms with E-state index in [4.69, 9.17) is 24.2 Å². The number of nitro benzene ring substituents is 1. The Kier molecular flexibility index (Phi) is 14.4. The Morgan fingerprint density at radius 1 is 1.02 bits per heavy atom. The Hall–Kier alpha value is -5.30. The topological polar surface area (TPSA) is 153 Å². The number of carbonyl (C=O) groups is 1. The van der Waals surface area contributed by atoms with Crippen molar-refractivity contribution >= 4 is 23.4 Å². The molecule has 1 heterocycles. The molecule has 6 atom stereocenters. The predicted molar refractivity (Wildman–Crippen MR) is 227 cm³/mol. The minimum atomic E-state index is -1.39. The number of benzene rings is 3. The fourth-order valence-corrected chi connectivity index (χ4v) is 8.99. The average Bonchev–Trinajstić information content (AvgIpc) is 3.23. The summed E-state index contributed by atoms with van der Waals surface area (Å²) in [4.78, 5) is 32.4. The van der Waals surface area contributed by atoms with Gasteiger partial charge in [-0.15, -0.1) is 6.58 Å². The van der Waals surface area contributed by atoms with Crippen LogP contribution in [0, 0.1) is 41.7 Å². The van der Waals surface area contributed by atoms with Crippen LogP contribution in [-0.4, -0.2) is 77.0 Å². The molecule has 1 aliphatic heterocycles. The third-order valence-corrected chi connectivity index (χ3v) is 12.0. The van der Waals surface area contributed by atoms with Gasteiger partial charge in [0.2, 0.25) is 11.7 Å². The van der Waals surface area contributed by atoms with Crippen molar-refractivity contribution in [2.24, 2.45) is 22.9 Å². The first-order chi connectivity index (χ1) is 28.5. The smallest absolute Gasteiger partial charge is 0.269 e. The molecule has 2 N–H and O–H groups in total. The zero-order chi connectivity index (χ0) is 42.1. The number of hydrogen-bond donors (Lipinski definition) is 2. The summed E-state index contributed by atoms with van der Waals surface area (Å²) in [6, 6.07) is 17.3. The second-order valence-corrected chi connectivity index (χ2v) is 15.7. The van der Waals surface area contributed by atoms with E-state index in [9.17, 15) is 25.1 Å². The third kappa shape index (κ3) is 9.45. The number of oxime groups is 1. The van der Waals surface area contributed by atoms with Gasteiger partial charge in [0.25, 0.3) is 5.69 Å². The number of amides is 1. The van der Waals surface area contributed by atoms with Crippen LogP contribution < -0.4 is 9.47 Å². The summed E-state index contributed by atoms with van der Waals surface area (Å²) in [5.41, 5.74) is 5.51. The van der Waals surface area contributed by atoms with Gasteiger partial charge in [-0.2, -0.15) is 0 Å². The molecule has 1 fully saturated rings. The van der Waals surface area contributed by atoms with E-state index >= 15 is 0 Å². The molecule has 0 radical (unpaired) electrons. The molecule has 3 aromatic rings. The van der Waals surface area contributed by atoms with Crippen LogP contribution in [0.4, 0.5) is 5.69 Å². The molecule has 6 rings (SSSR count). The van der Waals surface area contributed by atoms with Gasteiger partial charge < -0.3 is 34.2 Å². The maximum atomic E-state index is 14.2. The van der Waals surface area contributed by atoms with E-state index in [-0.39, 0.29) is 55.6 Å². The number of non-ortho nitro benzene ring substituents is 1. The lowest BCUT2D eigenvalue weighted by Crippen LogP contribution is -2.69. The lowest BCUT2D eigenvalue weighted by atomic mass is 9.55. The van der Waals surface area contributed by atoms with Crippen molar-refractivity contribution in [2.75, 3.05) is 33.5 Å². The second-order valence-electron chi connectivity index (χ2n) is 15.7. The van der Waals surface area contributed by atoms with Gasteiger partial charge in [-0.05, 0) is 129 Å². The normalized spacial score (nSPS) is 23.8. The van der Waals surface area contributed by atoms with E-state index in [2.05, 4.69) is 32.6 Å². The quantitative estimate of drug-likeness (QED) is 0.0398. The number of fused-ring (bicyclic) bond motifs is 2. The fraction of sp³-hybridized carbons (Fsp3) is 0.447. The summed E-state index contributed by atoms with van der Waals surface area (Å²) in [5, 5.41) is 35.7. The van der Waals surface area contributed by atoms with Gasteiger partial charge in [0.15, 0.2) is 0 Å². The number of aryl methyl sites for hydroxylation is 2. The van der Waals surface area contributed by atoms with Gasteiger partial charge in [0.1, 0.15) is 29.9 Å². The van der Waals surface area contributed by atoms with Gasteiger partial charge in [0, 0.05) is 56.4 Å². The Bertz CT molecular complexity index is 2060. The molecule has 1 amide bonds. The van der Waals surface area contributed by atoms with Crippen molar-refractivity contribution in [3.05, 3.63) is 123 Å². The number of carbonyl (C=O) groups excluding carboxylic acids is 1. The number of rotatable bonds is 19. The van der Waals surface area contributed by atoms with Crippen LogP contribution >= 0.6 is 0 Å². The highest BCUT2D eigenvalue weighted by molar-refractivity contribution is 6.03. The summed E-state index contributed by atoms with van der Waals surface area (Å²) < 4.78 is 20.7. The zero-order valence-electron chi connectivity index (χ0n) is 34.5. The van der Waals surface area contributed by atoms with Crippen LogP contribution in [0.15, 0.2) is 96.2 Å². The molecule has 0 bridgehead atoms. The van der Waals surface area contributed by atoms with E-state index in [1.54, 1.807) is 36.2 Å². The van der Waals surface area contributed by atoms with Crippen molar-refractivity contribution in [3.8, 4) is 17.2 Å². The highest BCUT2D eigenvalue weighted by atomic mass is 16.7. The molecule has 0 saturated heterocycles. The van der Waals surface area contributed by atoms with Crippen LogP contribution in [0.2, 0.25) is 0 Å². The second kappa shape index (κ2) is 19.6. The summed E-state index contributed by atoms with van der Waals surface area (Å²) in [6.45, 7) is 10.7. The van der Waals surface area contributed by atoms with Crippen LogP contribution in [0.25, 0.3) is 6.08 Å². The maximum absolute atomic E-state index is 14.2. The van der Waals surface area contributed by atoms with Crippen LogP contribution in [0.5, 0.6) is 17.2 Å². The highest BCUT2D eigenvalue weighted by Crippen LogP contribution is 2.62. The molecule has 1 saturated carbocycles. The monoisotopic (exact) mass is 807 g/mol.